The smallest absolute Gasteiger partial charge is 0.214 e. The number of halogens is 1. The van der Waals surface area contributed by atoms with Crippen LogP contribution in [0.1, 0.15) is 17.0 Å². The van der Waals surface area contributed by atoms with E-state index in [0.29, 0.717) is 0 Å². The summed E-state index contributed by atoms with van der Waals surface area (Å²) < 4.78 is 1.95. The number of thioether (sulfide) groups is 1. The van der Waals surface area contributed by atoms with E-state index < -0.39 is 0 Å². The van der Waals surface area contributed by atoms with Crippen LogP contribution in [0.15, 0.2) is 65.2 Å². The Morgan fingerprint density at radius 1 is 1.00 bits per heavy atom. The molecular weight excluding hydrogens is 328 g/mol. The Labute approximate surface area is 143 Å². The molecule has 3 aromatic rings. The van der Waals surface area contributed by atoms with Gasteiger partial charge in [-0.1, -0.05) is 65.8 Å². The molecule has 0 saturated carbocycles. The third kappa shape index (κ3) is 2.98. The van der Waals surface area contributed by atoms with Crippen molar-refractivity contribution in [3.8, 4) is 0 Å². The molecule has 0 saturated heterocycles. The van der Waals surface area contributed by atoms with E-state index >= 15 is 0 Å². The monoisotopic (exact) mass is 340 g/mol. The van der Waals surface area contributed by atoms with Crippen LogP contribution in [0.2, 0.25) is 5.02 Å². The molecule has 1 N–H and O–H groups in total. The molecule has 0 bridgehead atoms. The largest absolute Gasteiger partial charge is 0.290 e. The summed E-state index contributed by atoms with van der Waals surface area (Å²) in [6.45, 7) is 0. The van der Waals surface area contributed by atoms with Crippen molar-refractivity contribution in [1.82, 2.24) is 14.9 Å². The summed E-state index contributed by atoms with van der Waals surface area (Å²) in [6.07, 6.45) is 0.731. The van der Waals surface area contributed by atoms with Crippen molar-refractivity contribution in [2.75, 3.05) is 5.43 Å². The predicted molar refractivity (Wildman–Crippen MR) is 93.9 cm³/mol. The molecule has 2 aromatic carbocycles. The molecule has 1 aliphatic heterocycles. The Balaban J connectivity index is 1.61. The molecule has 0 aliphatic carbocycles. The maximum atomic E-state index is 5.96. The van der Waals surface area contributed by atoms with Crippen molar-refractivity contribution in [1.29, 1.82) is 0 Å². The van der Waals surface area contributed by atoms with Crippen LogP contribution in [0.25, 0.3) is 5.70 Å². The highest BCUT2D eigenvalue weighted by atomic mass is 35.5. The number of hydrogen-bond donors (Lipinski definition) is 1. The second kappa shape index (κ2) is 6.10. The number of nitrogens with one attached hydrogen (secondary N) is 1. The summed E-state index contributed by atoms with van der Waals surface area (Å²) in [4.78, 5) is 0. The van der Waals surface area contributed by atoms with Gasteiger partial charge in [-0.2, -0.15) is 0 Å². The average molecular weight is 341 g/mol. The van der Waals surface area contributed by atoms with E-state index in [2.05, 4.69) is 27.8 Å². The van der Waals surface area contributed by atoms with E-state index in [-0.39, 0.29) is 0 Å². The van der Waals surface area contributed by atoms with E-state index in [1.54, 1.807) is 11.8 Å². The van der Waals surface area contributed by atoms with Crippen molar-refractivity contribution >= 4 is 29.1 Å². The highest BCUT2D eigenvalue weighted by molar-refractivity contribution is 8.02. The summed E-state index contributed by atoms with van der Waals surface area (Å²) in [6, 6.07) is 18.0. The highest BCUT2D eigenvalue weighted by Gasteiger charge is 2.18. The second-order valence-corrected chi connectivity index (χ2v) is 6.44. The van der Waals surface area contributed by atoms with Crippen molar-refractivity contribution in [3.63, 3.8) is 0 Å². The molecule has 4 rings (SSSR count). The third-order valence-corrected chi connectivity index (χ3v) is 4.66. The SMILES string of the molecule is Clc1ccc(C2=CSc3nnc(Cc4ccccc4)n3N2)cc1. The first kappa shape index (κ1) is 14.4. The van der Waals surface area contributed by atoms with Crippen LogP contribution >= 0.6 is 23.4 Å². The van der Waals surface area contributed by atoms with Gasteiger partial charge in [0.1, 0.15) is 0 Å². The molecule has 0 atom stereocenters. The summed E-state index contributed by atoms with van der Waals surface area (Å²) in [5, 5.41) is 12.2. The standard InChI is InChI=1S/C17H13ClN4S/c18-14-8-6-13(7-9-14)15-11-23-17-20-19-16(22(17)21-15)10-12-4-2-1-3-5-12/h1-9,11,21H,10H2. The molecule has 0 fully saturated rings. The van der Waals surface area contributed by atoms with E-state index in [9.17, 15) is 0 Å². The zero-order valence-electron chi connectivity index (χ0n) is 12.1. The number of fused-ring (bicyclic) bond motifs is 1. The van der Waals surface area contributed by atoms with Gasteiger partial charge in [0.05, 0.1) is 5.70 Å². The van der Waals surface area contributed by atoms with Crippen LogP contribution < -0.4 is 5.43 Å². The third-order valence-electron chi connectivity index (χ3n) is 3.58. The van der Waals surface area contributed by atoms with Crippen LogP contribution in [-0.2, 0) is 6.42 Å². The van der Waals surface area contributed by atoms with Gasteiger partial charge in [0.2, 0.25) is 5.16 Å². The Bertz CT molecular complexity index is 856. The molecule has 0 spiro atoms. The summed E-state index contributed by atoms with van der Waals surface area (Å²) >= 11 is 7.52. The minimum Gasteiger partial charge on any atom is -0.290 e. The number of hydrogen-bond acceptors (Lipinski definition) is 4. The lowest BCUT2D eigenvalue weighted by Gasteiger charge is -2.19. The van der Waals surface area contributed by atoms with Gasteiger partial charge in [-0.15, -0.1) is 10.2 Å². The Morgan fingerprint density at radius 2 is 1.78 bits per heavy atom. The fourth-order valence-corrected chi connectivity index (χ4v) is 3.28. The van der Waals surface area contributed by atoms with Crippen LogP contribution in [0.4, 0.5) is 0 Å². The van der Waals surface area contributed by atoms with Gasteiger partial charge >= 0.3 is 0 Å². The first-order chi connectivity index (χ1) is 11.3. The normalized spacial score (nSPS) is 13.2. The maximum absolute atomic E-state index is 5.96. The van der Waals surface area contributed by atoms with Crippen molar-refractivity contribution in [2.24, 2.45) is 0 Å². The van der Waals surface area contributed by atoms with Gasteiger partial charge < -0.3 is 0 Å². The van der Waals surface area contributed by atoms with E-state index in [1.165, 1.54) is 5.56 Å². The first-order valence-corrected chi connectivity index (χ1v) is 8.43. The molecule has 0 radical (unpaired) electrons. The highest BCUT2D eigenvalue weighted by Crippen LogP contribution is 2.29. The molecule has 2 heterocycles. The summed E-state index contributed by atoms with van der Waals surface area (Å²) in [5.74, 6) is 0.887. The van der Waals surface area contributed by atoms with Gasteiger partial charge in [-0.3, -0.25) is 5.43 Å². The molecule has 23 heavy (non-hydrogen) atoms. The number of nitrogens with zero attached hydrogens (tertiary/aromatic N) is 3. The Morgan fingerprint density at radius 3 is 2.57 bits per heavy atom. The van der Waals surface area contributed by atoms with Crippen LogP contribution in [0.5, 0.6) is 0 Å². The van der Waals surface area contributed by atoms with Crippen LogP contribution in [0.3, 0.4) is 0 Å². The van der Waals surface area contributed by atoms with Gasteiger partial charge in [0.25, 0.3) is 0 Å². The summed E-state index contributed by atoms with van der Waals surface area (Å²) in [5.41, 5.74) is 6.68. The fourth-order valence-electron chi connectivity index (χ4n) is 2.40. The van der Waals surface area contributed by atoms with Gasteiger partial charge in [-0.25, -0.2) is 4.68 Å². The number of benzene rings is 2. The minimum atomic E-state index is 0.729. The van der Waals surface area contributed by atoms with Gasteiger partial charge in [0, 0.05) is 22.4 Å². The fraction of sp³-hybridized carbons (Fsp3) is 0.0588. The number of rotatable bonds is 3. The van der Waals surface area contributed by atoms with Gasteiger partial charge in [-0.05, 0) is 17.7 Å². The molecule has 6 heteroatoms. The zero-order chi connectivity index (χ0) is 15.6. The van der Waals surface area contributed by atoms with Gasteiger partial charge in [0.15, 0.2) is 5.82 Å². The van der Waals surface area contributed by atoms with E-state index in [1.807, 2.05) is 52.5 Å². The molecule has 1 aliphatic rings. The lowest BCUT2D eigenvalue weighted by atomic mass is 10.1. The van der Waals surface area contributed by atoms with Crippen molar-refractivity contribution in [3.05, 3.63) is 82.0 Å². The zero-order valence-corrected chi connectivity index (χ0v) is 13.7. The van der Waals surface area contributed by atoms with E-state index in [4.69, 9.17) is 11.6 Å². The molecule has 114 valence electrons. The first-order valence-electron chi connectivity index (χ1n) is 7.17. The molecule has 0 unspecified atom stereocenters. The average Bonchev–Trinajstić information content (AvgIpc) is 2.99. The second-order valence-electron chi connectivity index (χ2n) is 5.16. The lowest BCUT2D eigenvalue weighted by molar-refractivity contribution is 0.782. The quantitative estimate of drug-likeness (QED) is 0.777. The molecule has 4 nitrogen and oxygen atoms in total. The van der Waals surface area contributed by atoms with E-state index in [0.717, 1.165) is 33.7 Å². The van der Waals surface area contributed by atoms with Crippen molar-refractivity contribution in [2.45, 2.75) is 11.6 Å². The molecular formula is C17H13ClN4S. The minimum absolute atomic E-state index is 0.729. The Kier molecular flexibility index (Phi) is 3.81. The Hall–Kier alpha value is -2.24. The molecule has 1 aromatic heterocycles. The lowest BCUT2D eigenvalue weighted by Crippen LogP contribution is -2.20. The number of aromatic nitrogens is 3. The summed E-state index contributed by atoms with van der Waals surface area (Å²) in [7, 11) is 0. The topological polar surface area (TPSA) is 42.7 Å². The maximum Gasteiger partial charge on any atom is 0.214 e. The van der Waals surface area contributed by atoms with Crippen LogP contribution in [0, 0.1) is 0 Å². The van der Waals surface area contributed by atoms with Crippen molar-refractivity contribution < 1.29 is 0 Å². The predicted octanol–water partition coefficient (Wildman–Crippen LogP) is 4.17. The van der Waals surface area contributed by atoms with Crippen LogP contribution in [-0.4, -0.2) is 14.9 Å². The molecule has 0 amide bonds.